The van der Waals surface area contributed by atoms with Crippen molar-refractivity contribution < 1.29 is 24.0 Å². The van der Waals surface area contributed by atoms with Gasteiger partial charge in [-0.2, -0.15) is 0 Å². The maximum atomic E-state index is 12.8. The van der Waals surface area contributed by atoms with Crippen LogP contribution in [0.2, 0.25) is 0 Å². The highest BCUT2D eigenvalue weighted by molar-refractivity contribution is 6.20. The van der Waals surface area contributed by atoms with Crippen LogP contribution in [0.15, 0.2) is 54.2 Å². The molecule has 4 rings (SSSR count). The standard InChI is InChI=1S/C26H27N5O5/c1-15-6-7-19(12-16(15)2)29-26(36)27-11-10-17-4-3-5-18(13-17)28-20-14-23(33)31(25(20)35)21-8-9-22(32)30-24(21)34/h3-7,12-14,21,28H,8-11H2,1-2H3,(H2,27,29,36)(H,30,32,34). The van der Waals surface area contributed by atoms with Crippen molar-refractivity contribution in [1.29, 1.82) is 0 Å². The summed E-state index contributed by atoms with van der Waals surface area (Å²) in [6, 6.07) is 11.6. The van der Waals surface area contributed by atoms with E-state index in [1.165, 1.54) is 0 Å². The van der Waals surface area contributed by atoms with E-state index in [1.807, 2.05) is 44.2 Å². The summed E-state index contributed by atoms with van der Waals surface area (Å²) in [6.45, 7) is 4.38. The van der Waals surface area contributed by atoms with Crippen LogP contribution in [0.5, 0.6) is 0 Å². The molecule has 0 aliphatic carbocycles. The van der Waals surface area contributed by atoms with Crippen LogP contribution in [0.4, 0.5) is 16.2 Å². The Bertz CT molecular complexity index is 1290. The van der Waals surface area contributed by atoms with Gasteiger partial charge in [-0.15, -0.1) is 0 Å². The minimum absolute atomic E-state index is 0.0488. The van der Waals surface area contributed by atoms with Gasteiger partial charge in [-0.25, -0.2) is 4.79 Å². The van der Waals surface area contributed by atoms with Crippen LogP contribution in [0.1, 0.15) is 29.5 Å². The third-order valence-corrected chi connectivity index (χ3v) is 6.15. The number of nitrogens with zero attached hydrogens (tertiary/aromatic N) is 1. The first kappa shape index (κ1) is 24.6. The molecule has 186 valence electrons. The smallest absolute Gasteiger partial charge is 0.319 e. The van der Waals surface area contributed by atoms with E-state index in [0.717, 1.165) is 33.4 Å². The Morgan fingerprint density at radius 3 is 2.58 bits per heavy atom. The second-order valence-electron chi connectivity index (χ2n) is 8.79. The van der Waals surface area contributed by atoms with Gasteiger partial charge >= 0.3 is 6.03 Å². The van der Waals surface area contributed by atoms with Gasteiger partial charge in [-0.1, -0.05) is 18.2 Å². The lowest BCUT2D eigenvalue weighted by Gasteiger charge is -2.28. The van der Waals surface area contributed by atoms with E-state index in [4.69, 9.17) is 0 Å². The fraction of sp³-hybridized carbons (Fsp3) is 0.269. The first-order valence-electron chi connectivity index (χ1n) is 11.6. The number of carbonyl (C=O) groups excluding carboxylic acids is 5. The molecule has 10 nitrogen and oxygen atoms in total. The van der Waals surface area contributed by atoms with E-state index in [2.05, 4.69) is 21.3 Å². The van der Waals surface area contributed by atoms with Gasteiger partial charge in [0.15, 0.2) is 0 Å². The number of carbonyl (C=O) groups is 5. The molecule has 10 heteroatoms. The predicted octanol–water partition coefficient (Wildman–Crippen LogP) is 2.14. The largest absolute Gasteiger partial charge is 0.351 e. The van der Waals surface area contributed by atoms with E-state index >= 15 is 0 Å². The van der Waals surface area contributed by atoms with Crippen molar-refractivity contribution in [1.82, 2.24) is 15.5 Å². The zero-order valence-corrected chi connectivity index (χ0v) is 20.0. The van der Waals surface area contributed by atoms with Crippen LogP contribution < -0.4 is 21.3 Å². The van der Waals surface area contributed by atoms with Crippen LogP contribution in [-0.2, 0) is 25.6 Å². The minimum atomic E-state index is -1.01. The summed E-state index contributed by atoms with van der Waals surface area (Å²) < 4.78 is 0. The molecule has 0 aromatic heterocycles. The van der Waals surface area contributed by atoms with Gasteiger partial charge in [0.1, 0.15) is 11.7 Å². The number of urea groups is 1. The Kier molecular flexibility index (Phi) is 7.14. The molecule has 2 aromatic carbocycles. The summed E-state index contributed by atoms with van der Waals surface area (Å²) in [4.78, 5) is 61.8. The van der Waals surface area contributed by atoms with Crippen molar-refractivity contribution in [3.05, 3.63) is 70.9 Å². The third kappa shape index (κ3) is 5.60. The molecular formula is C26H27N5O5. The van der Waals surface area contributed by atoms with Crippen LogP contribution >= 0.6 is 0 Å². The number of hydrogen-bond acceptors (Lipinski definition) is 6. The molecule has 1 saturated heterocycles. The Labute approximate surface area is 208 Å². The average Bonchev–Trinajstić information content (AvgIpc) is 3.09. The van der Waals surface area contributed by atoms with Gasteiger partial charge in [0.2, 0.25) is 11.8 Å². The number of imide groups is 2. The maximum absolute atomic E-state index is 12.8. The van der Waals surface area contributed by atoms with Crippen molar-refractivity contribution in [3.63, 3.8) is 0 Å². The van der Waals surface area contributed by atoms with E-state index in [1.54, 1.807) is 12.1 Å². The number of amides is 6. The number of nitrogens with one attached hydrogen (secondary N) is 4. The first-order valence-corrected chi connectivity index (χ1v) is 11.6. The molecule has 0 radical (unpaired) electrons. The topological polar surface area (TPSA) is 137 Å². The van der Waals surface area contributed by atoms with Gasteiger partial charge < -0.3 is 16.0 Å². The zero-order valence-electron chi connectivity index (χ0n) is 20.0. The number of piperidine rings is 1. The van der Waals surface area contributed by atoms with Crippen molar-refractivity contribution >= 4 is 41.0 Å². The van der Waals surface area contributed by atoms with Gasteiger partial charge in [0, 0.05) is 30.4 Å². The number of rotatable bonds is 7. The Morgan fingerprint density at radius 2 is 1.83 bits per heavy atom. The van der Waals surface area contributed by atoms with Crippen LogP contribution in [0.25, 0.3) is 0 Å². The maximum Gasteiger partial charge on any atom is 0.319 e. The molecule has 2 aliphatic rings. The number of hydrogen-bond donors (Lipinski definition) is 4. The molecule has 2 aliphatic heterocycles. The molecule has 2 aromatic rings. The van der Waals surface area contributed by atoms with Gasteiger partial charge in [-0.3, -0.25) is 29.4 Å². The Morgan fingerprint density at radius 1 is 1.03 bits per heavy atom. The fourth-order valence-electron chi connectivity index (χ4n) is 4.07. The molecule has 0 spiro atoms. The molecule has 6 amide bonds. The quantitative estimate of drug-likeness (QED) is 0.440. The normalized spacial score (nSPS) is 17.6. The lowest BCUT2D eigenvalue weighted by atomic mass is 10.0. The highest BCUT2D eigenvalue weighted by Gasteiger charge is 2.42. The lowest BCUT2D eigenvalue weighted by Crippen LogP contribution is -2.54. The SMILES string of the molecule is Cc1ccc(NC(=O)NCCc2cccc(NC3=CC(=O)N(C4CCC(=O)NC4=O)C3=O)c2)cc1C. The van der Waals surface area contributed by atoms with Gasteiger partial charge in [0.25, 0.3) is 11.8 Å². The average molecular weight is 490 g/mol. The summed E-state index contributed by atoms with van der Waals surface area (Å²) in [7, 11) is 0. The highest BCUT2D eigenvalue weighted by Crippen LogP contribution is 2.23. The Hall–Kier alpha value is -4.47. The molecular weight excluding hydrogens is 462 g/mol. The van der Waals surface area contributed by atoms with Crippen molar-refractivity contribution in [2.45, 2.75) is 39.2 Å². The third-order valence-electron chi connectivity index (χ3n) is 6.15. The van der Waals surface area contributed by atoms with Gasteiger partial charge in [0.05, 0.1) is 0 Å². The molecule has 4 N–H and O–H groups in total. The molecule has 1 fully saturated rings. The summed E-state index contributed by atoms with van der Waals surface area (Å²) in [6.07, 6.45) is 1.86. The summed E-state index contributed by atoms with van der Waals surface area (Å²) in [5, 5.41) is 10.7. The summed E-state index contributed by atoms with van der Waals surface area (Å²) in [5.41, 5.74) is 4.51. The highest BCUT2D eigenvalue weighted by atomic mass is 16.2. The molecule has 2 heterocycles. The van der Waals surface area contributed by atoms with Crippen molar-refractivity contribution in [3.8, 4) is 0 Å². The second-order valence-corrected chi connectivity index (χ2v) is 8.79. The molecule has 0 bridgehead atoms. The molecule has 1 atom stereocenters. The van der Waals surface area contributed by atoms with Gasteiger partial charge in [-0.05, 0) is 67.6 Å². The van der Waals surface area contributed by atoms with Crippen LogP contribution in [-0.4, -0.2) is 47.1 Å². The van der Waals surface area contributed by atoms with Crippen molar-refractivity contribution in [2.24, 2.45) is 0 Å². The molecule has 0 saturated carbocycles. The Balaban J connectivity index is 1.31. The summed E-state index contributed by atoms with van der Waals surface area (Å²) >= 11 is 0. The zero-order chi connectivity index (χ0) is 25.8. The first-order chi connectivity index (χ1) is 17.2. The summed E-state index contributed by atoms with van der Waals surface area (Å²) in [5.74, 6) is -2.30. The van der Waals surface area contributed by atoms with Crippen LogP contribution in [0, 0.1) is 13.8 Å². The molecule has 36 heavy (non-hydrogen) atoms. The second kappa shape index (κ2) is 10.4. The van der Waals surface area contributed by atoms with E-state index in [-0.39, 0.29) is 24.6 Å². The van der Waals surface area contributed by atoms with Crippen molar-refractivity contribution in [2.75, 3.05) is 17.2 Å². The fourth-order valence-corrected chi connectivity index (χ4v) is 4.07. The molecule has 1 unspecified atom stereocenters. The minimum Gasteiger partial charge on any atom is -0.351 e. The number of anilines is 2. The number of aryl methyl sites for hydroxylation is 2. The monoisotopic (exact) mass is 489 g/mol. The van der Waals surface area contributed by atoms with E-state index < -0.39 is 29.7 Å². The lowest BCUT2D eigenvalue weighted by molar-refractivity contribution is -0.149. The predicted molar refractivity (Wildman–Crippen MR) is 133 cm³/mol. The number of benzene rings is 2. The van der Waals surface area contributed by atoms with E-state index in [9.17, 15) is 24.0 Å². The van der Waals surface area contributed by atoms with E-state index in [0.29, 0.717) is 18.7 Å². The van der Waals surface area contributed by atoms with Crippen LogP contribution in [0.3, 0.4) is 0 Å².